The zero-order chi connectivity index (χ0) is 12.7. The fraction of sp³-hybridized carbons (Fsp3) is 0.455. The first kappa shape index (κ1) is 13.1. The largest absolute Gasteiger partial charge is 0.481 e. The molecule has 0 aliphatic heterocycles. The molecule has 0 unspecified atom stereocenters. The number of aromatic nitrogens is 2. The van der Waals surface area contributed by atoms with Crippen LogP contribution in [0.4, 0.5) is 0 Å². The first-order valence-corrected chi connectivity index (χ1v) is 5.34. The summed E-state index contributed by atoms with van der Waals surface area (Å²) in [5, 5.41) is 11.1. The Hall–Kier alpha value is -1.98. The van der Waals surface area contributed by atoms with Crippen LogP contribution in [0.25, 0.3) is 0 Å². The van der Waals surface area contributed by atoms with Gasteiger partial charge in [-0.2, -0.15) is 0 Å². The van der Waals surface area contributed by atoms with Gasteiger partial charge in [0.05, 0.1) is 24.1 Å². The highest BCUT2D eigenvalue weighted by atomic mass is 16.4. The molecule has 0 saturated heterocycles. The molecule has 6 nitrogen and oxygen atoms in total. The Balaban J connectivity index is 2.23. The van der Waals surface area contributed by atoms with E-state index in [1.807, 2.05) is 6.92 Å². The predicted octanol–water partition coefficient (Wildman–Crippen LogP) is 0.656. The monoisotopic (exact) mass is 237 g/mol. The Morgan fingerprint density at radius 2 is 2.06 bits per heavy atom. The van der Waals surface area contributed by atoms with Crippen molar-refractivity contribution in [2.45, 2.75) is 32.7 Å². The van der Waals surface area contributed by atoms with E-state index >= 15 is 0 Å². The molecule has 0 aliphatic carbocycles. The van der Waals surface area contributed by atoms with Crippen LogP contribution in [-0.2, 0) is 16.1 Å². The highest BCUT2D eigenvalue weighted by Gasteiger charge is 2.04. The quantitative estimate of drug-likeness (QED) is 0.758. The van der Waals surface area contributed by atoms with Crippen molar-refractivity contribution in [3.63, 3.8) is 0 Å². The van der Waals surface area contributed by atoms with E-state index in [-0.39, 0.29) is 18.7 Å². The van der Waals surface area contributed by atoms with Crippen molar-refractivity contribution in [1.29, 1.82) is 0 Å². The second-order valence-corrected chi connectivity index (χ2v) is 3.67. The lowest BCUT2D eigenvalue weighted by Gasteiger charge is -2.03. The number of carboxylic acids is 1. The van der Waals surface area contributed by atoms with Gasteiger partial charge in [-0.05, 0) is 13.3 Å². The highest BCUT2D eigenvalue weighted by molar-refractivity contribution is 5.76. The van der Waals surface area contributed by atoms with Gasteiger partial charge in [-0.3, -0.25) is 19.6 Å². The molecule has 17 heavy (non-hydrogen) atoms. The molecule has 1 aromatic rings. The number of aryl methyl sites for hydroxylation is 1. The molecule has 0 spiro atoms. The molecule has 6 heteroatoms. The molecule has 2 N–H and O–H groups in total. The molecule has 1 rings (SSSR count). The van der Waals surface area contributed by atoms with Gasteiger partial charge in [0.15, 0.2) is 0 Å². The molecule has 0 aliphatic rings. The Morgan fingerprint density at radius 3 is 2.65 bits per heavy atom. The third-order valence-corrected chi connectivity index (χ3v) is 2.10. The maximum atomic E-state index is 11.3. The smallest absolute Gasteiger partial charge is 0.303 e. The van der Waals surface area contributed by atoms with Gasteiger partial charge in [0.2, 0.25) is 5.91 Å². The predicted molar refractivity (Wildman–Crippen MR) is 60.1 cm³/mol. The average Bonchev–Trinajstić information content (AvgIpc) is 2.28. The minimum Gasteiger partial charge on any atom is -0.481 e. The molecule has 0 fully saturated rings. The van der Waals surface area contributed by atoms with E-state index in [9.17, 15) is 9.59 Å². The van der Waals surface area contributed by atoms with Crippen molar-refractivity contribution in [1.82, 2.24) is 15.3 Å². The van der Waals surface area contributed by atoms with Gasteiger partial charge in [0.25, 0.3) is 0 Å². The SMILES string of the molecule is Cc1cnc(CNC(=O)CCCC(=O)O)cn1. The van der Waals surface area contributed by atoms with Crippen molar-refractivity contribution >= 4 is 11.9 Å². The summed E-state index contributed by atoms with van der Waals surface area (Å²) in [5.74, 6) is -1.06. The van der Waals surface area contributed by atoms with Crippen LogP contribution < -0.4 is 5.32 Å². The number of hydrogen-bond acceptors (Lipinski definition) is 4. The molecule has 0 saturated carbocycles. The van der Waals surface area contributed by atoms with Crippen molar-refractivity contribution in [2.75, 3.05) is 0 Å². The molecular weight excluding hydrogens is 222 g/mol. The minimum absolute atomic E-state index is 0.0117. The van der Waals surface area contributed by atoms with E-state index in [2.05, 4.69) is 15.3 Å². The Bertz CT molecular complexity index is 389. The molecule has 0 bridgehead atoms. The van der Waals surface area contributed by atoms with Crippen molar-refractivity contribution in [3.05, 3.63) is 23.8 Å². The van der Waals surface area contributed by atoms with Crippen LogP contribution in [0.2, 0.25) is 0 Å². The first-order chi connectivity index (χ1) is 8.08. The van der Waals surface area contributed by atoms with Crippen molar-refractivity contribution in [3.8, 4) is 0 Å². The molecule has 1 heterocycles. The van der Waals surface area contributed by atoms with E-state index in [1.54, 1.807) is 12.4 Å². The van der Waals surface area contributed by atoms with Crippen LogP contribution in [-0.4, -0.2) is 27.0 Å². The van der Waals surface area contributed by atoms with Crippen molar-refractivity contribution in [2.24, 2.45) is 0 Å². The van der Waals surface area contributed by atoms with Crippen LogP contribution in [0.1, 0.15) is 30.7 Å². The number of hydrogen-bond donors (Lipinski definition) is 2. The average molecular weight is 237 g/mol. The lowest BCUT2D eigenvalue weighted by atomic mass is 10.2. The number of amides is 1. The molecule has 1 aromatic heterocycles. The fourth-order valence-corrected chi connectivity index (χ4v) is 1.19. The number of nitrogens with one attached hydrogen (secondary N) is 1. The second kappa shape index (κ2) is 6.57. The number of carboxylic acid groups (broad SMARTS) is 1. The normalized spacial score (nSPS) is 9.94. The van der Waals surface area contributed by atoms with Gasteiger partial charge in [-0.15, -0.1) is 0 Å². The standard InChI is InChI=1S/C11H15N3O3/c1-8-5-13-9(6-12-8)7-14-10(15)3-2-4-11(16)17/h5-6H,2-4,7H2,1H3,(H,14,15)(H,16,17). The van der Waals surface area contributed by atoms with Gasteiger partial charge in [0, 0.05) is 19.0 Å². The summed E-state index contributed by atoms with van der Waals surface area (Å²) in [6.45, 7) is 2.15. The summed E-state index contributed by atoms with van der Waals surface area (Å²) in [7, 11) is 0. The second-order valence-electron chi connectivity index (χ2n) is 3.67. The number of carbonyl (C=O) groups is 2. The highest BCUT2D eigenvalue weighted by Crippen LogP contribution is 1.97. The minimum atomic E-state index is -0.887. The summed E-state index contributed by atoms with van der Waals surface area (Å²) in [6.07, 6.45) is 3.81. The number of nitrogens with zero attached hydrogens (tertiary/aromatic N) is 2. The zero-order valence-electron chi connectivity index (χ0n) is 9.64. The molecule has 1 amide bonds. The van der Waals surface area contributed by atoms with Crippen LogP contribution in [0.5, 0.6) is 0 Å². The Kier molecular flexibility index (Phi) is 5.06. The Morgan fingerprint density at radius 1 is 1.29 bits per heavy atom. The lowest BCUT2D eigenvalue weighted by Crippen LogP contribution is -2.23. The molecule has 92 valence electrons. The summed E-state index contributed by atoms with van der Waals surface area (Å²) in [5.41, 5.74) is 1.50. The Labute approximate surface area is 99.1 Å². The third-order valence-electron chi connectivity index (χ3n) is 2.10. The van der Waals surface area contributed by atoms with E-state index in [4.69, 9.17) is 5.11 Å². The van der Waals surface area contributed by atoms with E-state index in [1.165, 1.54) is 0 Å². The van der Waals surface area contributed by atoms with Gasteiger partial charge >= 0.3 is 5.97 Å². The zero-order valence-corrected chi connectivity index (χ0v) is 9.64. The first-order valence-electron chi connectivity index (χ1n) is 5.34. The maximum Gasteiger partial charge on any atom is 0.303 e. The fourth-order valence-electron chi connectivity index (χ4n) is 1.19. The van der Waals surface area contributed by atoms with Gasteiger partial charge < -0.3 is 10.4 Å². The van der Waals surface area contributed by atoms with Crippen molar-refractivity contribution < 1.29 is 14.7 Å². The molecule has 0 aromatic carbocycles. The van der Waals surface area contributed by atoms with E-state index < -0.39 is 5.97 Å². The van der Waals surface area contributed by atoms with Gasteiger partial charge in [-0.25, -0.2) is 0 Å². The molecular formula is C11H15N3O3. The lowest BCUT2D eigenvalue weighted by molar-refractivity contribution is -0.137. The van der Waals surface area contributed by atoms with Gasteiger partial charge in [0.1, 0.15) is 0 Å². The van der Waals surface area contributed by atoms with Gasteiger partial charge in [-0.1, -0.05) is 0 Å². The summed E-state index contributed by atoms with van der Waals surface area (Å²) < 4.78 is 0. The number of carbonyl (C=O) groups excluding carboxylic acids is 1. The van der Waals surface area contributed by atoms with Crippen LogP contribution in [0.15, 0.2) is 12.4 Å². The van der Waals surface area contributed by atoms with Crippen LogP contribution in [0.3, 0.4) is 0 Å². The maximum absolute atomic E-state index is 11.3. The summed E-state index contributed by atoms with van der Waals surface area (Å²) in [4.78, 5) is 29.7. The number of rotatable bonds is 6. The topological polar surface area (TPSA) is 92.2 Å². The van der Waals surface area contributed by atoms with Crippen LogP contribution >= 0.6 is 0 Å². The van der Waals surface area contributed by atoms with E-state index in [0.717, 1.165) is 5.69 Å². The summed E-state index contributed by atoms with van der Waals surface area (Å²) in [6, 6.07) is 0. The van der Waals surface area contributed by atoms with Crippen LogP contribution in [0, 0.1) is 6.92 Å². The number of aliphatic carboxylic acids is 1. The third kappa shape index (κ3) is 5.60. The molecule has 0 radical (unpaired) electrons. The molecule has 0 atom stereocenters. The van der Waals surface area contributed by atoms with E-state index in [0.29, 0.717) is 18.7 Å². The summed E-state index contributed by atoms with van der Waals surface area (Å²) >= 11 is 0.